The maximum absolute atomic E-state index is 11.9. The summed E-state index contributed by atoms with van der Waals surface area (Å²) < 4.78 is 13.9. The lowest BCUT2D eigenvalue weighted by molar-refractivity contribution is 0.0221. The Labute approximate surface area is 257 Å². The number of H-pyrrole nitrogens is 1. The van der Waals surface area contributed by atoms with Crippen LogP contribution in [-0.2, 0) is 11.3 Å². The van der Waals surface area contributed by atoms with Crippen molar-refractivity contribution >= 4 is 22.9 Å². The van der Waals surface area contributed by atoms with Crippen LogP contribution in [-0.4, -0.2) is 55.0 Å². The Morgan fingerprint density at radius 3 is 2.59 bits per heavy atom. The fraction of sp³-hybridized carbons (Fsp3) is 0.545. The Kier molecular flexibility index (Phi) is 7.97. The van der Waals surface area contributed by atoms with E-state index in [1.54, 1.807) is 0 Å². The highest BCUT2D eigenvalue weighted by atomic mass is 16.5. The molecule has 1 aliphatic heterocycles. The first-order valence-corrected chi connectivity index (χ1v) is 16.1. The van der Waals surface area contributed by atoms with Gasteiger partial charge in [0.05, 0.1) is 18.8 Å². The number of hydrogen-bond acceptors (Lipinski definition) is 9. The zero-order valence-electron chi connectivity index (χ0n) is 25.6. The fourth-order valence-corrected chi connectivity index (χ4v) is 7.22. The Balaban J connectivity index is 1.38. The lowest BCUT2D eigenvalue weighted by atomic mass is 9.80. The normalized spacial score (nSPS) is 25.1. The van der Waals surface area contributed by atoms with Crippen LogP contribution in [0.4, 0.5) is 11.8 Å². The first-order chi connectivity index (χ1) is 21.5. The number of rotatable bonds is 9. The average Bonchev–Trinajstić information content (AvgIpc) is 3.60. The number of hydrogen-bond donors (Lipinski definition) is 2. The second-order valence-corrected chi connectivity index (χ2v) is 12.8. The predicted molar refractivity (Wildman–Crippen MR) is 169 cm³/mol. The van der Waals surface area contributed by atoms with Crippen LogP contribution >= 0.6 is 0 Å². The zero-order chi connectivity index (χ0) is 30.2. The largest absolute Gasteiger partial charge is 0.434 e. The smallest absolute Gasteiger partial charge is 0.384 e. The molecule has 3 aliphatic rings. The van der Waals surface area contributed by atoms with Crippen LogP contribution < -0.4 is 16.0 Å². The lowest BCUT2D eigenvalue weighted by Gasteiger charge is -2.41. The van der Waals surface area contributed by atoms with Gasteiger partial charge in [-0.25, -0.2) is 19.9 Å². The van der Waals surface area contributed by atoms with Gasteiger partial charge in [-0.1, -0.05) is 42.8 Å². The third-order valence-corrected chi connectivity index (χ3v) is 9.99. The van der Waals surface area contributed by atoms with Crippen molar-refractivity contribution < 1.29 is 9.15 Å². The Morgan fingerprint density at radius 1 is 1.11 bits per heavy atom. The van der Waals surface area contributed by atoms with E-state index in [2.05, 4.69) is 75.7 Å². The van der Waals surface area contributed by atoms with Gasteiger partial charge < -0.3 is 23.9 Å². The molecule has 0 spiro atoms. The predicted octanol–water partition coefficient (Wildman–Crippen LogP) is 5.73. The van der Waals surface area contributed by atoms with Crippen LogP contribution in [0.2, 0.25) is 0 Å². The van der Waals surface area contributed by atoms with Crippen molar-refractivity contribution in [2.24, 2.45) is 17.8 Å². The van der Waals surface area contributed by atoms with E-state index < -0.39 is 5.76 Å². The molecule has 1 unspecified atom stereocenters. The van der Waals surface area contributed by atoms with Crippen LogP contribution in [0.15, 0.2) is 52.2 Å². The van der Waals surface area contributed by atoms with E-state index in [1.165, 1.54) is 24.8 Å². The first-order valence-electron chi connectivity index (χ1n) is 16.1. The molecule has 4 aromatic rings. The number of nitrogens with one attached hydrogen (secondary N) is 2. The molecule has 2 aliphatic carbocycles. The Bertz CT molecular complexity index is 1650. The minimum absolute atomic E-state index is 0.0147. The van der Waals surface area contributed by atoms with Crippen molar-refractivity contribution in [2.75, 3.05) is 23.4 Å². The van der Waals surface area contributed by atoms with Gasteiger partial charge in [0.15, 0.2) is 11.5 Å². The standard InChI is InChI=1S/C33H42N8O3/c1-4-22-13-15-23(16-14-22)19-41-27-28(34-20(2)24-11-8-12-24)35-30(31-38-39-33(42)44-31)36-29(27)37-32(41)40-17-18-43-21(3)26(40)25-9-6-5-7-10-25/h4-7,9-10,20-24,26H,1,8,11-19H2,2-3H3,(H,39,42)(H,34,35,36)/t20-,21-,22-,23-,26?/m1/s1. The van der Waals surface area contributed by atoms with Crippen molar-refractivity contribution in [3.63, 3.8) is 0 Å². The third-order valence-electron chi connectivity index (χ3n) is 9.99. The molecule has 0 bridgehead atoms. The molecular weight excluding hydrogens is 556 g/mol. The van der Waals surface area contributed by atoms with Gasteiger partial charge in [0, 0.05) is 19.1 Å². The molecule has 3 atom stereocenters. The molecule has 232 valence electrons. The molecule has 11 heteroatoms. The van der Waals surface area contributed by atoms with Crippen LogP contribution in [0.25, 0.3) is 22.9 Å². The van der Waals surface area contributed by atoms with E-state index in [-0.39, 0.29) is 29.9 Å². The molecule has 1 saturated heterocycles. The fourth-order valence-electron chi connectivity index (χ4n) is 7.22. The van der Waals surface area contributed by atoms with E-state index in [0.717, 1.165) is 43.7 Å². The van der Waals surface area contributed by atoms with Gasteiger partial charge >= 0.3 is 5.76 Å². The van der Waals surface area contributed by atoms with Gasteiger partial charge in [-0.3, -0.25) is 0 Å². The highest BCUT2D eigenvalue weighted by Crippen LogP contribution is 2.40. The Morgan fingerprint density at radius 2 is 1.91 bits per heavy atom. The number of imidazole rings is 1. The highest BCUT2D eigenvalue weighted by molar-refractivity contribution is 5.87. The van der Waals surface area contributed by atoms with Gasteiger partial charge in [-0.2, -0.15) is 4.98 Å². The van der Waals surface area contributed by atoms with Crippen LogP contribution in [0.3, 0.4) is 0 Å². The van der Waals surface area contributed by atoms with Crippen LogP contribution in [0, 0.1) is 17.8 Å². The number of ether oxygens (including phenoxy) is 1. The summed E-state index contributed by atoms with van der Waals surface area (Å²) >= 11 is 0. The molecule has 3 fully saturated rings. The molecule has 2 N–H and O–H groups in total. The average molecular weight is 599 g/mol. The summed E-state index contributed by atoms with van der Waals surface area (Å²) in [6.45, 7) is 10.5. The number of aromatic amines is 1. The van der Waals surface area contributed by atoms with E-state index in [4.69, 9.17) is 24.1 Å². The SMILES string of the molecule is C=C[C@H]1CC[C@H](Cn2c(N3CCO[C@H](C)C3c3ccccc3)nc3nc(-c4n[nH]c(=O)o4)nc(N[C@H](C)C4CCC4)c32)CC1. The van der Waals surface area contributed by atoms with Crippen molar-refractivity contribution in [2.45, 2.75) is 83.5 Å². The van der Waals surface area contributed by atoms with Gasteiger partial charge in [0.1, 0.15) is 5.52 Å². The van der Waals surface area contributed by atoms with Gasteiger partial charge in [0.2, 0.25) is 11.8 Å². The molecular formula is C33H42N8O3. The summed E-state index contributed by atoms with van der Waals surface area (Å²) in [6, 6.07) is 10.7. The highest BCUT2D eigenvalue weighted by Gasteiger charge is 2.36. The maximum Gasteiger partial charge on any atom is 0.434 e. The molecule has 0 radical (unpaired) electrons. The number of fused-ring (bicyclic) bond motifs is 1. The lowest BCUT2D eigenvalue weighted by Crippen LogP contribution is -2.45. The topological polar surface area (TPSA) is 127 Å². The second kappa shape index (κ2) is 12.2. The van der Waals surface area contributed by atoms with Crippen molar-refractivity contribution in [3.8, 4) is 11.7 Å². The quantitative estimate of drug-likeness (QED) is 0.232. The molecule has 44 heavy (non-hydrogen) atoms. The summed E-state index contributed by atoms with van der Waals surface area (Å²) in [5.41, 5.74) is 2.63. The van der Waals surface area contributed by atoms with Crippen LogP contribution in [0.5, 0.6) is 0 Å². The van der Waals surface area contributed by atoms with E-state index in [0.29, 0.717) is 42.4 Å². The summed E-state index contributed by atoms with van der Waals surface area (Å²) in [7, 11) is 0. The number of morpholine rings is 1. The number of nitrogens with zero attached hydrogens (tertiary/aromatic N) is 6. The third kappa shape index (κ3) is 5.53. The number of anilines is 2. The van der Waals surface area contributed by atoms with Gasteiger partial charge in [-0.05, 0) is 75.7 Å². The van der Waals surface area contributed by atoms with Crippen molar-refractivity contribution in [1.29, 1.82) is 0 Å². The van der Waals surface area contributed by atoms with E-state index >= 15 is 0 Å². The molecule has 2 saturated carbocycles. The monoisotopic (exact) mass is 598 g/mol. The van der Waals surface area contributed by atoms with Gasteiger partial charge in [0.25, 0.3) is 5.89 Å². The Hall–Kier alpha value is -3.99. The summed E-state index contributed by atoms with van der Waals surface area (Å²) in [5.74, 6) is 2.87. The molecule has 0 amide bonds. The molecule has 11 nitrogen and oxygen atoms in total. The summed E-state index contributed by atoms with van der Waals surface area (Å²) in [5, 5.41) is 10.1. The summed E-state index contributed by atoms with van der Waals surface area (Å²) in [4.78, 5) is 29.3. The number of aromatic nitrogens is 6. The minimum atomic E-state index is -0.643. The van der Waals surface area contributed by atoms with Crippen molar-refractivity contribution in [1.82, 2.24) is 29.7 Å². The maximum atomic E-state index is 11.9. The summed E-state index contributed by atoms with van der Waals surface area (Å²) in [6.07, 6.45) is 10.3. The zero-order valence-corrected chi connectivity index (χ0v) is 25.6. The molecule has 4 heterocycles. The van der Waals surface area contributed by atoms with Gasteiger partial charge in [-0.15, -0.1) is 11.7 Å². The second-order valence-electron chi connectivity index (χ2n) is 12.8. The van der Waals surface area contributed by atoms with E-state index in [1.807, 2.05) is 6.07 Å². The number of benzene rings is 1. The van der Waals surface area contributed by atoms with E-state index in [9.17, 15) is 4.79 Å². The van der Waals surface area contributed by atoms with Crippen LogP contribution in [0.1, 0.15) is 70.4 Å². The molecule has 1 aromatic carbocycles. The number of allylic oxidation sites excluding steroid dienone is 1. The molecule has 7 rings (SSSR count). The first kappa shape index (κ1) is 28.8. The molecule has 3 aromatic heterocycles. The minimum Gasteiger partial charge on any atom is -0.384 e. The van der Waals surface area contributed by atoms with Crippen molar-refractivity contribution in [3.05, 3.63) is 59.1 Å².